The van der Waals surface area contributed by atoms with Gasteiger partial charge in [0.1, 0.15) is 10.8 Å². The van der Waals surface area contributed by atoms with Crippen LogP contribution in [0.2, 0.25) is 5.02 Å². The second-order valence-corrected chi connectivity index (χ2v) is 8.13. The van der Waals surface area contributed by atoms with Gasteiger partial charge in [0.25, 0.3) is 5.69 Å². The maximum absolute atomic E-state index is 13.5. The Balaban J connectivity index is 1.47. The van der Waals surface area contributed by atoms with Crippen LogP contribution in [-0.4, -0.2) is 40.9 Å². The molecule has 3 aromatic carbocycles. The van der Waals surface area contributed by atoms with Crippen LogP contribution in [-0.2, 0) is 6.54 Å². The first-order valence-electron chi connectivity index (χ1n) is 10.2. The van der Waals surface area contributed by atoms with E-state index in [1.807, 2.05) is 36.4 Å². The molecule has 0 aliphatic carbocycles. The minimum atomic E-state index is -0.447. The van der Waals surface area contributed by atoms with E-state index in [0.29, 0.717) is 6.54 Å². The van der Waals surface area contributed by atoms with E-state index in [4.69, 9.17) is 11.6 Å². The van der Waals surface area contributed by atoms with Crippen molar-refractivity contribution in [2.24, 2.45) is 0 Å². The van der Waals surface area contributed by atoms with Gasteiger partial charge in [0.15, 0.2) is 0 Å². The predicted octanol–water partition coefficient (Wildman–Crippen LogP) is 5.29. The van der Waals surface area contributed by atoms with E-state index >= 15 is 0 Å². The number of benzene rings is 3. The van der Waals surface area contributed by atoms with E-state index in [9.17, 15) is 14.5 Å². The van der Waals surface area contributed by atoms with Gasteiger partial charge >= 0.3 is 0 Å². The van der Waals surface area contributed by atoms with E-state index in [1.54, 1.807) is 12.1 Å². The Kier molecular flexibility index (Phi) is 6.61. The molecule has 1 unspecified atom stereocenters. The summed E-state index contributed by atoms with van der Waals surface area (Å²) < 4.78 is 13.5. The van der Waals surface area contributed by atoms with Gasteiger partial charge in [-0.05, 0) is 34.9 Å². The SMILES string of the molecule is O=[N+]([O-])c1cc(CN2CCN(C(c3ccccc3)c3ccc(F)cc3)CC2)ccc1Cl. The van der Waals surface area contributed by atoms with E-state index < -0.39 is 4.92 Å². The summed E-state index contributed by atoms with van der Waals surface area (Å²) in [6.07, 6.45) is 0. The maximum atomic E-state index is 13.5. The van der Waals surface area contributed by atoms with E-state index in [-0.39, 0.29) is 22.6 Å². The second-order valence-electron chi connectivity index (χ2n) is 7.72. The van der Waals surface area contributed by atoms with Gasteiger partial charge in [0.2, 0.25) is 0 Å². The van der Waals surface area contributed by atoms with Gasteiger partial charge in [0, 0.05) is 38.8 Å². The molecular weight excluding hydrogens is 417 g/mol. The maximum Gasteiger partial charge on any atom is 0.288 e. The number of nitro benzene ring substituents is 1. The van der Waals surface area contributed by atoms with E-state index in [0.717, 1.165) is 37.3 Å². The number of nitrogens with zero attached hydrogens (tertiary/aromatic N) is 3. The molecule has 7 heteroatoms. The molecule has 0 bridgehead atoms. The fourth-order valence-corrected chi connectivity index (χ4v) is 4.32. The van der Waals surface area contributed by atoms with Crippen molar-refractivity contribution in [1.29, 1.82) is 0 Å². The van der Waals surface area contributed by atoms with Crippen LogP contribution in [0.3, 0.4) is 0 Å². The first-order valence-corrected chi connectivity index (χ1v) is 10.6. The Morgan fingerprint density at radius 3 is 2.23 bits per heavy atom. The molecule has 31 heavy (non-hydrogen) atoms. The molecule has 0 N–H and O–H groups in total. The number of rotatable bonds is 6. The third kappa shape index (κ3) is 5.10. The van der Waals surface area contributed by atoms with Gasteiger partial charge in [-0.1, -0.05) is 60.1 Å². The summed E-state index contributed by atoms with van der Waals surface area (Å²) in [7, 11) is 0. The van der Waals surface area contributed by atoms with Gasteiger partial charge in [-0.15, -0.1) is 0 Å². The number of hydrogen-bond acceptors (Lipinski definition) is 4. The molecule has 160 valence electrons. The molecule has 0 aromatic heterocycles. The first-order chi connectivity index (χ1) is 15.0. The number of nitro groups is 1. The van der Waals surface area contributed by atoms with Gasteiger partial charge in [0.05, 0.1) is 11.0 Å². The molecule has 0 saturated carbocycles. The lowest BCUT2D eigenvalue weighted by Gasteiger charge is -2.39. The molecule has 1 aliphatic heterocycles. The molecule has 3 aromatic rings. The standard InChI is InChI=1S/C24H23ClFN3O2/c25-22-11-6-18(16-23(22)29(30)31)17-27-12-14-28(15-13-27)24(19-4-2-1-3-5-19)20-7-9-21(26)10-8-20/h1-11,16,24H,12-15,17H2. The summed E-state index contributed by atoms with van der Waals surface area (Å²) in [6, 6.07) is 22.0. The van der Waals surface area contributed by atoms with Gasteiger partial charge in [-0.25, -0.2) is 4.39 Å². The van der Waals surface area contributed by atoms with Crippen molar-refractivity contribution >= 4 is 17.3 Å². The molecule has 1 atom stereocenters. The predicted molar refractivity (Wildman–Crippen MR) is 120 cm³/mol. The molecule has 1 fully saturated rings. The Hall–Kier alpha value is -2.80. The van der Waals surface area contributed by atoms with Crippen LogP contribution in [0.5, 0.6) is 0 Å². The lowest BCUT2D eigenvalue weighted by molar-refractivity contribution is -0.384. The highest BCUT2D eigenvalue weighted by molar-refractivity contribution is 6.32. The van der Waals surface area contributed by atoms with Crippen LogP contribution in [0, 0.1) is 15.9 Å². The number of halogens is 2. The van der Waals surface area contributed by atoms with E-state index in [2.05, 4.69) is 21.9 Å². The normalized spacial score (nSPS) is 16.2. The first kappa shape index (κ1) is 21.4. The smallest absolute Gasteiger partial charge is 0.288 e. The molecule has 0 spiro atoms. The molecule has 0 radical (unpaired) electrons. The monoisotopic (exact) mass is 439 g/mol. The largest absolute Gasteiger partial charge is 0.297 e. The zero-order valence-corrected chi connectivity index (χ0v) is 17.7. The lowest BCUT2D eigenvalue weighted by Crippen LogP contribution is -2.47. The van der Waals surface area contributed by atoms with Gasteiger partial charge < -0.3 is 0 Å². The topological polar surface area (TPSA) is 49.6 Å². The Morgan fingerprint density at radius 1 is 0.935 bits per heavy atom. The van der Waals surface area contributed by atoms with Crippen LogP contribution in [0.15, 0.2) is 72.8 Å². The van der Waals surface area contributed by atoms with Crippen molar-refractivity contribution in [3.63, 3.8) is 0 Å². The van der Waals surface area contributed by atoms with Crippen molar-refractivity contribution in [3.05, 3.63) is 110 Å². The van der Waals surface area contributed by atoms with Crippen LogP contribution in [0.4, 0.5) is 10.1 Å². The summed E-state index contributed by atoms with van der Waals surface area (Å²) in [4.78, 5) is 15.4. The zero-order chi connectivity index (χ0) is 21.8. The minimum Gasteiger partial charge on any atom is -0.297 e. The summed E-state index contributed by atoms with van der Waals surface area (Å²) in [6.45, 7) is 3.99. The average molecular weight is 440 g/mol. The van der Waals surface area contributed by atoms with Crippen LogP contribution < -0.4 is 0 Å². The lowest BCUT2D eigenvalue weighted by atomic mass is 9.96. The van der Waals surface area contributed by atoms with Gasteiger partial charge in [-0.3, -0.25) is 19.9 Å². The number of piperazine rings is 1. The summed E-state index contributed by atoms with van der Waals surface area (Å²) in [5, 5.41) is 11.3. The van der Waals surface area contributed by atoms with Crippen LogP contribution in [0.25, 0.3) is 0 Å². The molecule has 4 rings (SSSR count). The highest BCUT2D eigenvalue weighted by Crippen LogP contribution is 2.30. The molecule has 1 aliphatic rings. The Morgan fingerprint density at radius 2 is 1.58 bits per heavy atom. The Bertz CT molecular complexity index is 1040. The van der Waals surface area contributed by atoms with Crippen molar-refractivity contribution < 1.29 is 9.31 Å². The molecular formula is C24H23ClFN3O2. The molecule has 5 nitrogen and oxygen atoms in total. The van der Waals surface area contributed by atoms with Crippen molar-refractivity contribution in [2.75, 3.05) is 26.2 Å². The highest BCUT2D eigenvalue weighted by atomic mass is 35.5. The molecule has 1 saturated heterocycles. The van der Waals surface area contributed by atoms with Crippen LogP contribution in [0.1, 0.15) is 22.7 Å². The fraction of sp³-hybridized carbons (Fsp3) is 0.250. The molecule has 0 amide bonds. The van der Waals surface area contributed by atoms with Gasteiger partial charge in [-0.2, -0.15) is 0 Å². The Labute approximate surface area is 185 Å². The third-order valence-electron chi connectivity index (χ3n) is 5.69. The van der Waals surface area contributed by atoms with Crippen molar-refractivity contribution in [2.45, 2.75) is 12.6 Å². The minimum absolute atomic E-state index is 0.0561. The highest BCUT2D eigenvalue weighted by Gasteiger charge is 2.26. The van der Waals surface area contributed by atoms with Crippen molar-refractivity contribution in [1.82, 2.24) is 9.80 Å². The fourth-order valence-electron chi connectivity index (χ4n) is 4.13. The summed E-state index contributed by atoms with van der Waals surface area (Å²) in [5.74, 6) is -0.238. The average Bonchev–Trinajstić information content (AvgIpc) is 2.78. The van der Waals surface area contributed by atoms with Crippen molar-refractivity contribution in [3.8, 4) is 0 Å². The quantitative estimate of drug-likeness (QED) is 0.386. The second kappa shape index (κ2) is 9.56. The summed E-state index contributed by atoms with van der Waals surface area (Å²) >= 11 is 5.93. The van der Waals surface area contributed by atoms with Crippen LogP contribution >= 0.6 is 11.6 Å². The number of hydrogen-bond donors (Lipinski definition) is 0. The zero-order valence-electron chi connectivity index (χ0n) is 17.0. The third-order valence-corrected chi connectivity index (χ3v) is 6.01. The summed E-state index contributed by atoms with van der Waals surface area (Å²) in [5.41, 5.74) is 3.06. The molecule has 1 heterocycles. The van der Waals surface area contributed by atoms with E-state index in [1.165, 1.54) is 17.7 Å².